The van der Waals surface area contributed by atoms with Crippen LogP contribution in [-0.2, 0) is 23.7 Å². The van der Waals surface area contributed by atoms with Crippen LogP contribution in [0.5, 0.6) is 0 Å². The number of hydrogen-bond donors (Lipinski definition) is 1. The van der Waals surface area contributed by atoms with Crippen molar-refractivity contribution < 1.29 is 9.90 Å². The number of fused-ring (bicyclic) bond motifs is 3. The first-order chi connectivity index (χ1) is 10.3. The van der Waals surface area contributed by atoms with Crippen molar-refractivity contribution in [1.82, 2.24) is 9.78 Å². The Hall–Kier alpha value is -2.02. The van der Waals surface area contributed by atoms with Crippen molar-refractivity contribution in [3.63, 3.8) is 0 Å². The average molecular weight is 298 g/mol. The molecule has 1 heterocycles. The van der Waals surface area contributed by atoms with Crippen molar-refractivity contribution in [2.45, 2.75) is 45.4 Å². The number of nitrogens with zero attached hydrogens (tertiary/aromatic N) is 2. The van der Waals surface area contributed by atoms with Gasteiger partial charge in [0.1, 0.15) is 5.69 Å². The maximum absolute atomic E-state index is 12.6. The number of ketones is 1. The normalized spacial score (nSPS) is 31.5. The minimum Gasteiger partial charge on any atom is -0.515 e. The molecule has 1 fully saturated rings. The number of terminal acetylenes is 1. The summed E-state index contributed by atoms with van der Waals surface area (Å²) in [7, 11) is 1.87. The van der Waals surface area contributed by atoms with Gasteiger partial charge in [0.15, 0.2) is 5.78 Å². The van der Waals surface area contributed by atoms with Crippen molar-refractivity contribution in [2.24, 2.45) is 18.4 Å². The number of aliphatic hydroxyl groups is 1. The zero-order chi connectivity index (χ0) is 16.3. The summed E-state index contributed by atoms with van der Waals surface area (Å²) in [6, 6.07) is 0. The van der Waals surface area contributed by atoms with E-state index in [2.05, 4.69) is 12.8 Å². The number of aryl methyl sites for hydroxylation is 1. The van der Waals surface area contributed by atoms with E-state index in [4.69, 9.17) is 11.5 Å². The molecule has 0 bridgehead atoms. The molecule has 2 aliphatic rings. The van der Waals surface area contributed by atoms with Crippen LogP contribution in [0.3, 0.4) is 0 Å². The summed E-state index contributed by atoms with van der Waals surface area (Å²) in [5.41, 5.74) is 2.67. The second kappa shape index (κ2) is 4.49. The van der Waals surface area contributed by atoms with Gasteiger partial charge in [-0.25, -0.2) is 0 Å². The number of aliphatic hydroxyl groups excluding tert-OH is 1. The zero-order valence-corrected chi connectivity index (χ0v) is 13.6. The van der Waals surface area contributed by atoms with E-state index in [1.54, 1.807) is 4.68 Å². The Bertz CT molecular complexity index is 733. The smallest absolute Gasteiger partial charge is 0.167 e. The molecule has 0 aromatic carbocycles. The Morgan fingerprint density at radius 3 is 2.73 bits per heavy atom. The first-order valence-corrected chi connectivity index (χ1v) is 7.68. The Balaban J connectivity index is 2.23. The van der Waals surface area contributed by atoms with Crippen molar-refractivity contribution in [3.8, 4) is 12.3 Å². The van der Waals surface area contributed by atoms with Crippen LogP contribution in [-0.4, -0.2) is 20.7 Å². The number of rotatable bonds is 0. The SMILES string of the molecule is C#Cc1c2c(nn1C)[C@@]1(C)C/C(=C/O)C(=O)C(C)(C)[C@@H]1CC2. The highest BCUT2D eigenvalue weighted by molar-refractivity contribution is 6.01. The van der Waals surface area contributed by atoms with Gasteiger partial charge in [0.2, 0.25) is 0 Å². The van der Waals surface area contributed by atoms with E-state index in [0.29, 0.717) is 12.0 Å². The molecule has 3 rings (SSSR count). The molecule has 1 saturated carbocycles. The fourth-order valence-electron chi connectivity index (χ4n) is 4.73. The second-order valence-corrected chi connectivity index (χ2v) is 7.33. The quantitative estimate of drug-likeness (QED) is 0.455. The summed E-state index contributed by atoms with van der Waals surface area (Å²) in [5, 5.41) is 14.2. The third kappa shape index (κ3) is 1.65. The van der Waals surface area contributed by atoms with E-state index >= 15 is 0 Å². The van der Waals surface area contributed by atoms with Gasteiger partial charge in [0.05, 0.1) is 12.0 Å². The fourth-order valence-corrected chi connectivity index (χ4v) is 4.73. The van der Waals surface area contributed by atoms with E-state index < -0.39 is 5.41 Å². The first kappa shape index (κ1) is 14.9. The maximum Gasteiger partial charge on any atom is 0.167 e. The van der Waals surface area contributed by atoms with Gasteiger partial charge in [-0.15, -0.1) is 6.42 Å². The van der Waals surface area contributed by atoms with Crippen LogP contribution in [0.1, 0.15) is 50.6 Å². The number of hydrogen-bond acceptors (Lipinski definition) is 3. The molecule has 116 valence electrons. The van der Waals surface area contributed by atoms with E-state index in [0.717, 1.165) is 36.1 Å². The Kier molecular flexibility index (Phi) is 3.04. The third-order valence-corrected chi connectivity index (χ3v) is 5.74. The maximum atomic E-state index is 12.6. The molecule has 2 aliphatic carbocycles. The average Bonchev–Trinajstić information content (AvgIpc) is 2.80. The lowest BCUT2D eigenvalue weighted by molar-refractivity contribution is -0.131. The van der Waals surface area contributed by atoms with Gasteiger partial charge in [-0.1, -0.05) is 26.7 Å². The van der Waals surface area contributed by atoms with Crippen molar-refractivity contribution in [2.75, 3.05) is 0 Å². The van der Waals surface area contributed by atoms with Crippen LogP contribution in [0.25, 0.3) is 0 Å². The lowest BCUT2D eigenvalue weighted by Crippen LogP contribution is -2.53. The Morgan fingerprint density at radius 2 is 2.14 bits per heavy atom. The van der Waals surface area contributed by atoms with Crippen molar-refractivity contribution in [3.05, 3.63) is 28.8 Å². The highest BCUT2D eigenvalue weighted by atomic mass is 16.2. The predicted octanol–water partition coefficient (Wildman–Crippen LogP) is 2.66. The van der Waals surface area contributed by atoms with Gasteiger partial charge < -0.3 is 5.11 Å². The van der Waals surface area contributed by atoms with E-state index in [-0.39, 0.29) is 17.1 Å². The Morgan fingerprint density at radius 1 is 1.45 bits per heavy atom. The highest BCUT2D eigenvalue weighted by Gasteiger charge is 2.57. The molecule has 0 unspecified atom stereocenters. The number of allylic oxidation sites excluding steroid dienone is 1. The van der Waals surface area contributed by atoms with Crippen LogP contribution in [0.15, 0.2) is 11.8 Å². The third-order valence-electron chi connectivity index (χ3n) is 5.74. The summed E-state index contributed by atoms with van der Waals surface area (Å²) in [5.74, 6) is 2.99. The molecule has 4 nitrogen and oxygen atoms in total. The molecule has 1 N–H and O–H groups in total. The minimum atomic E-state index is -0.507. The number of carbonyl (C=O) groups is 1. The zero-order valence-electron chi connectivity index (χ0n) is 13.6. The molecular weight excluding hydrogens is 276 g/mol. The molecule has 0 spiro atoms. The lowest BCUT2D eigenvalue weighted by atomic mass is 9.50. The van der Waals surface area contributed by atoms with Crippen LogP contribution in [0.2, 0.25) is 0 Å². The summed E-state index contributed by atoms with van der Waals surface area (Å²) in [6.45, 7) is 6.12. The summed E-state index contributed by atoms with van der Waals surface area (Å²) in [6.07, 6.45) is 8.92. The largest absolute Gasteiger partial charge is 0.515 e. The fraction of sp³-hybridized carbons (Fsp3) is 0.556. The molecule has 4 heteroatoms. The van der Waals surface area contributed by atoms with E-state index in [1.807, 2.05) is 20.9 Å². The lowest BCUT2D eigenvalue weighted by Gasteiger charge is -2.52. The molecule has 0 saturated heterocycles. The van der Waals surface area contributed by atoms with Crippen molar-refractivity contribution in [1.29, 1.82) is 0 Å². The van der Waals surface area contributed by atoms with Gasteiger partial charge in [-0.05, 0) is 25.2 Å². The Labute approximate surface area is 131 Å². The number of Topliss-reactive ketones (excluding diaryl/α,β-unsaturated/α-hetero) is 1. The highest BCUT2D eigenvalue weighted by Crippen LogP contribution is 2.56. The van der Waals surface area contributed by atoms with Gasteiger partial charge >= 0.3 is 0 Å². The number of aromatic nitrogens is 2. The minimum absolute atomic E-state index is 0.0500. The van der Waals surface area contributed by atoms with Crippen LogP contribution in [0.4, 0.5) is 0 Å². The van der Waals surface area contributed by atoms with Crippen LogP contribution in [0, 0.1) is 23.7 Å². The molecular formula is C18H22N2O2. The monoisotopic (exact) mass is 298 g/mol. The van der Waals surface area contributed by atoms with Crippen LogP contribution < -0.4 is 0 Å². The first-order valence-electron chi connectivity index (χ1n) is 7.68. The summed E-state index contributed by atoms with van der Waals surface area (Å²) in [4.78, 5) is 12.6. The molecule has 1 aromatic heterocycles. The van der Waals surface area contributed by atoms with Gasteiger partial charge in [-0.2, -0.15) is 5.10 Å². The van der Waals surface area contributed by atoms with Crippen molar-refractivity contribution >= 4 is 5.78 Å². The number of carbonyl (C=O) groups excluding carboxylic acids is 1. The molecule has 0 amide bonds. The molecule has 22 heavy (non-hydrogen) atoms. The molecule has 0 aliphatic heterocycles. The van der Waals surface area contributed by atoms with Gasteiger partial charge in [-0.3, -0.25) is 9.48 Å². The van der Waals surface area contributed by atoms with Gasteiger partial charge in [0, 0.05) is 29.0 Å². The molecule has 0 radical (unpaired) electrons. The molecule has 2 atom stereocenters. The van der Waals surface area contributed by atoms with E-state index in [1.165, 1.54) is 0 Å². The summed E-state index contributed by atoms with van der Waals surface area (Å²) < 4.78 is 1.77. The summed E-state index contributed by atoms with van der Waals surface area (Å²) >= 11 is 0. The van der Waals surface area contributed by atoms with E-state index in [9.17, 15) is 9.90 Å². The molecule has 1 aromatic rings. The second-order valence-electron chi connectivity index (χ2n) is 7.33. The van der Waals surface area contributed by atoms with Crippen LogP contribution >= 0.6 is 0 Å². The predicted molar refractivity (Wildman–Crippen MR) is 84.4 cm³/mol. The standard InChI is InChI=1S/C18H22N2O2/c1-6-13-12-7-8-14-17(2,3)16(22)11(10-21)9-18(14,4)15(12)19-20(13)5/h1,10,14,21H,7-9H2,2-5H3/b11-10-/t14-,18-/m0/s1. The topological polar surface area (TPSA) is 55.1 Å². The van der Waals surface area contributed by atoms with Gasteiger partial charge in [0.25, 0.3) is 0 Å².